The van der Waals surface area contributed by atoms with E-state index in [4.69, 9.17) is 16.3 Å². The van der Waals surface area contributed by atoms with Crippen molar-refractivity contribution in [3.63, 3.8) is 0 Å². The van der Waals surface area contributed by atoms with Crippen molar-refractivity contribution < 1.29 is 22.7 Å². The molecule has 0 spiro atoms. The van der Waals surface area contributed by atoms with Gasteiger partial charge in [0, 0.05) is 43.3 Å². The van der Waals surface area contributed by atoms with Gasteiger partial charge in [0.15, 0.2) is 6.10 Å². The molecule has 4 rings (SSSR count). The molecule has 0 aliphatic carbocycles. The van der Waals surface area contributed by atoms with Crippen molar-refractivity contribution in [1.82, 2.24) is 9.21 Å². The summed E-state index contributed by atoms with van der Waals surface area (Å²) in [5.74, 6) is -0.151. The maximum Gasteiger partial charge on any atom is 0.265 e. The smallest absolute Gasteiger partial charge is 0.265 e. The molecule has 1 N–H and O–H groups in total. The lowest BCUT2D eigenvalue weighted by molar-refractivity contribution is -0.127. The number of rotatable bonds is 4. The predicted octanol–water partition coefficient (Wildman–Crippen LogP) is 2.91. The van der Waals surface area contributed by atoms with Gasteiger partial charge in [-0.15, -0.1) is 0 Å². The number of benzene rings is 2. The van der Waals surface area contributed by atoms with Crippen molar-refractivity contribution in [1.29, 1.82) is 0 Å². The Hall–Kier alpha value is -2.88. The number of ether oxygens (including phenoxy) is 1. The Morgan fingerprint density at radius 1 is 1.18 bits per heavy atom. The van der Waals surface area contributed by atoms with E-state index in [1.54, 1.807) is 37.0 Å². The molecule has 1 unspecified atom stereocenters. The summed E-state index contributed by atoms with van der Waals surface area (Å²) >= 11 is 6.11. The number of sulfonamides is 1. The zero-order valence-electron chi connectivity index (χ0n) is 18.2. The van der Waals surface area contributed by atoms with E-state index in [9.17, 15) is 18.0 Å². The van der Waals surface area contributed by atoms with Gasteiger partial charge < -0.3 is 15.0 Å². The molecule has 2 aromatic rings. The monoisotopic (exact) mass is 489 g/mol. The van der Waals surface area contributed by atoms with Crippen LogP contribution in [0.2, 0.25) is 5.02 Å². The van der Waals surface area contributed by atoms with Gasteiger partial charge in [0.2, 0.25) is 15.9 Å². The molecule has 2 aliphatic rings. The van der Waals surface area contributed by atoms with Crippen LogP contribution in [0.4, 0.5) is 5.69 Å². The van der Waals surface area contributed by atoms with Crippen LogP contribution in [-0.4, -0.2) is 61.7 Å². The fourth-order valence-corrected chi connectivity index (χ4v) is 5.63. The van der Waals surface area contributed by atoms with E-state index >= 15 is 0 Å². The van der Waals surface area contributed by atoms with Crippen molar-refractivity contribution in [2.45, 2.75) is 24.8 Å². The van der Waals surface area contributed by atoms with Gasteiger partial charge in [0.25, 0.3) is 5.91 Å². The zero-order valence-corrected chi connectivity index (χ0v) is 19.8. The minimum atomic E-state index is -3.80. The molecule has 10 heteroatoms. The van der Waals surface area contributed by atoms with Crippen LogP contribution in [0.1, 0.15) is 18.1 Å². The molecule has 0 bridgehead atoms. The highest BCUT2D eigenvalue weighted by molar-refractivity contribution is 7.89. The van der Waals surface area contributed by atoms with Gasteiger partial charge in [-0.3, -0.25) is 9.59 Å². The number of anilines is 1. The molecule has 0 saturated carbocycles. The van der Waals surface area contributed by atoms with Crippen LogP contribution in [-0.2, 0) is 19.6 Å². The molecule has 1 fully saturated rings. The van der Waals surface area contributed by atoms with E-state index in [2.05, 4.69) is 5.32 Å². The molecule has 1 atom stereocenters. The summed E-state index contributed by atoms with van der Waals surface area (Å²) in [7, 11) is -3.80. The quantitative estimate of drug-likeness (QED) is 0.666. The summed E-state index contributed by atoms with van der Waals surface area (Å²) < 4.78 is 33.6. The van der Waals surface area contributed by atoms with E-state index in [0.717, 1.165) is 5.56 Å². The molecular weight excluding hydrogens is 466 g/mol. The van der Waals surface area contributed by atoms with Crippen LogP contribution in [0.15, 0.2) is 47.4 Å². The van der Waals surface area contributed by atoms with E-state index in [1.807, 2.05) is 18.2 Å². The topological polar surface area (TPSA) is 96.0 Å². The molecule has 174 valence electrons. The Bertz CT molecular complexity index is 1240. The highest BCUT2D eigenvalue weighted by Crippen LogP contribution is 2.35. The second kappa shape index (κ2) is 9.17. The fourth-order valence-electron chi connectivity index (χ4n) is 3.79. The van der Waals surface area contributed by atoms with Gasteiger partial charge >= 0.3 is 0 Å². The van der Waals surface area contributed by atoms with Gasteiger partial charge in [0.1, 0.15) is 5.75 Å². The van der Waals surface area contributed by atoms with Crippen LogP contribution >= 0.6 is 11.6 Å². The number of piperazine rings is 1. The third-order valence-corrected chi connectivity index (χ3v) is 8.07. The molecule has 2 aliphatic heterocycles. The average Bonchev–Trinajstić information content (AvgIpc) is 2.79. The SMILES string of the molecule is Cc1cc2c(cc1S(=O)(=O)N1CCN(C(=O)C=Cc3ccccc3Cl)CC1)OC(C)C(=O)N2. The molecular formula is C23H24ClN3O5S. The second-order valence-corrected chi connectivity index (χ2v) is 10.3. The largest absolute Gasteiger partial charge is 0.479 e. The minimum absolute atomic E-state index is 0.128. The molecule has 0 aromatic heterocycles. The Balaban J connectivity index is 1.45. The summed E-state index contributed by atoms with van der Waals surface area (Å²) in [6.45, 7) is 4.19. The van der Waals surface area contributed by atoms with Crippen molar-refractivity contribution in [3.05, 3.63) is 58.6 Å². The minimum Gasteiger partial charge on any atom is -0.479 e. The van der Waals surface area contributed by atoms with Gasteiger partial charge in [-0.05, 0) is 43.2 Å². The number of fused-ring (bicyclic) bond motifs is 1. The predicted molar refractivity (Wildman–Crippen MR) is 126 cm³/mol. The fraction of sp³-hybridized carbons (Fsp3) is 0.304. The first-order chi connectivity index (χ1) is 15.7. The number of hydrogen-bond donors (Lipinski definition) is 1. The Labute approximate surface area is 197 Å². The third kappa shape index (κ3) is 4.75. The molecule has 33 heavy (non-hydrogen) atoms. The maximum absolute atomic E-state index is 13.3. The Morgan fingerprint density at radius 3 is 2.58 bits per heavy atom. The van der Waals surface area contributed by atoms with Crippen molar-refractivity contribution in [2.75, 3.05) is 31.5 Å². The molecule has 2 amide bonds. The van der Waals surface area contributed by atoms with E-state index in [1.165, 1.54) is 16.4 Å². The normalized spacial score (nSPS) is 19.2. The van der Waals surface area contributed by atoms with Crippen LogP contribution in [0.5, 0.6) is 5.75 Å². The van der Waals surface area contributed by atoms with Gasteiger partial charge in [-0.2, -0.15) is 4.31 Å². The second-order valence-electron chi connectivity index (χ2n) is 7.95. The number of nitrogens with zero attached hydrogens (tertiary/aromatic N) is 2. The van der Waals surface area contributed by atoms with Crippen LogP contribution in [0.25, 0.3) is 6.08 Å². The van der Waals surface area contributed by atoms with Gasteiger partial charge in [-0.1, -0.05) is 29.8 Å². The lowest BCUT2D eigenvalue weighted by Crippen LogP contribution is -2.50. The van der Waals surface area contributed by atoms with Crippen LogP contribution in [0.3, 0.4) is 0 Å². The average molecular weight is 490 g/mol. The lowest BCUT2D eigenvalue weighted by Gasteiger charge is -2.34. The van der Waals surface area contributed by atoms with Crippen molar-refractivity contribution in [3.8, 4) is 5.75 Å². The number of carbonyl (C=O) groups is 2. The number of hydrogen-bond acceptors (Lipinski definition) is 5. The molecule has 8 nitrogen and oxygen atoms in total. The summed E-state index contributed by atoms with van der Waals surface area (Å²) in [6.07, 6.45) is 2.40. The highest BCUT2D eigenvalue weighted by Gasteiger charge is 2.33. The first-order valence-electron chi connectivity index (χ1n) is 10.5. The lowest BCUT2D eigenvalue weighted by atomic mass is 10.1. The number of amides is 2. The Morgan fingerprint density at radius 2 is 1.88 bits per heavy atom. The van der Waals surface area contributed by atoms with Gasteiger partial charge in [0.05, 0.1) is 10.6 Å². The number of aryl methyl sites for hydroxylation is 1. The van der Waals surface area contributed by atoms with E-state index < -0.39 is 16.1 Å². The highest BCUT2D eigenvalue weighted by atomic mass is 35.5. The summed E-state index contributed by atoms with van der Waals surface area (Å²) in [4.78, 5) is 26.1. The summed E-state index contributed by atoms with van der Waals surface area (Å²) in [5.41, 5.74) is 1.70. The third-order valence-electron chi connectivity index (χ3n) is 5.69. The molecule has 2 aromatic carbocycles. The standard InChI is InChI=1S/C23H24ClN3O5S/c1-15-13-19-20(32-16(2)23(29)25-19)14-21(15)33(30,31)27-11-9-26(10-12-27)22(28)8-7-17-5-3-4-6-18(17)24/h3-8,13-14,16H,9-12H2,1-2H3,(H,25,29). The van der Waals surface area contributed by atoms with E-state index in [-0.39, 0.29) is 42.9 Å². The van der Waals surface area contributed by atoms with E-state index in [0.29, 0.717) is 22.0 Å². The van der Waals surface area contributed by atoms with Crippen LogP contribution in [0, 0.1) is 6.92 Å². The number of halogens is 1. The summed E-state index contributed by atoms with van der Waals surface area (Å²) in [6, 6.07) is 10.3. The zero-order chi connectivity index (χ0) is 23.8. The maximum atomic E-state index is 13.3. The summed E-state index contributed by atoms with van der Waals surface area (Å²) in [5, 5.41) is 3.27. The molecule has 1 saturated heterocycles. The van der Waals surface area contributed by atoms with Crippen LogP contribution < -0.4 is 10.1 Å². The first-order valence-corrected chi connectivity index (χ1v) is 12.3. The van der Waals surface area contributed by atoms with Crippen molar-refractivity contribution >= 4 is 45.2 Å². The van der Waals surface area contributed by atoms with Crippen molar-refractivity contribution in [2.24, 2.45) is 0 Å². The number of nitrogens with one attached hydrogen (secondary N) is 1. The first kappa shape index (κ1) is 23.3. The molecule has 2 heterocycles. The molecule has 0 radical (unpaired) electrons. The number of carbonyl (C=O) groups excluding carboxylic acids is 2. The van der Waals surface area contributed by atoms with Gasteiger partial charge in [-0.25, -0.2) is 8.42 Å². The Kier molecular flexibility index (Phi) is 6.47.